The van der Waals surface area contributed by atoms with Crippen LogP contribution in [0.1, 0.15) is 78.5 Å². The first-order valence-corrected chi connectivity index (χ1v) is 24.1. The molecule has 3 N–H and O–H groups in total. The van der Waals surface area contributed by atoms with Crippen molar-refractivity contribution < 1.29 is 33.1 Å². The maximum atomic E-state index is 13.7. The van der Waals surface area contributed by atoms with Gasteiger partial charge in [0.25, 0.3) is 11.8 Å². The van der Waals surface area contributed by atoms with Crippen LogP contribution in [0.2, 0.25) is 5.02 Å². The van der Waals surface area contributed by atoms with Crippen LogP contribution in [-0.2, 0) is 14.4 Å². The first kappa shape index (κ1) is 47.0. The number of amides is 5. The van der Waals surface area contributed by atoms with Crippen molar-refractivity contribution in [2.45, 2.75) is 74.8 Å². The number of rotatable bonds is 18. The summed E-state index contributed by atoms with van der Waals surface area (Å²) < 4.78 is 19.3. The van der Waals surface area contributed by atoms with Crippen molar-refractivity contribution in [2.24, 2.45) is 0 Å². The van der Waals surface area contributed by atoms with Gasteiger partial charge in [0.05, 0.1) is 34.5 Å². The number of carbonyl (C=O) groups is 5. The Morgan fingerprint density at radius 2 is 1.71 bits per heavy atom. The molecule has 3 aromatic carbocycles. The smallest absolute Gasteiger partial charge is 0.263 e. The number of carbonyl (C=O) groups excluding carboxylic acids is 5. The number of likely N-dealkylation sites (tertiary alicyclic amines) is 1. The second-order valence-electron chi connectivity index (χ2n) is 17.1. The average Bonchev–Trinajstić information content (AvgIpc) is 3.57. The van der Waals surface area contributed by atoms with Crippen LogP contribution in [0.3, 0.4) is 0 Å². The van der Waals surface area contributed by atoms with Gasteiger partial charge in [0.2, 0.25) is 17.7 Å². The van der Waals surface area contributed by atoms with Gasteiger partial charge in [-0.3, -0.25) is 44.0 Å². The Kier molecular flexibility index (Phi) is 15.6. The molecular formula is C48H55ClFN9O6S. The number of methoxy groups -OCH3 is 1. The summed E-state index contributed by atoms with van der Waals surface area (Å²) in [7, 11) is 1.53. The van der Waals surface area contributed by atoms with E-state index in [1.165, 1.54) is 38.4 Å². The number of aromatic nitrogens is 2. The molecule has 15 nitrogen and oxygen atoms in total. The maximum absolute atomic E-state index is 13.7. The van der Waals surface area contributed by atoms with Gasteiger partial charge in [0.1, 0.15) is 29.8 Å². The van der Waals surface area contributed by atoms with E-state index < -0.39 is 29.6 Å². The second kappa shape index (κ2) is 21.9. The molecule has 4 aliphatic rings. The van der Waals surface area contributed by atoms with Gasteiger partial charge in [0.15, 0.2) is 0 Å². The third-order valence-corrected chi connectivity index (χ3v) is 14.2. The number of unbranched alkanes of at least 4 members (excludes halogenated alkanes) is 4. The number of benzene rings is 3. The number of hydrogen-bond acceptors (Lipinski definition) is 13. The molecule has 1 atom stereocenters. The van der Waals surface area contributed by atoms with Crippen LogP contribution in [0, 0.1) is 5.82 Å². The van der Waals surface area contributed by atoms with E-state index in [1.807, 2.05) is 12.1 Å². The zero-order chi connectivity index (χ0) is 46.2. The van der Waals surface area contributed by atoms with E-state index in [2.05, 4.69) is 40.6 Å². The van der Waals surface area contributed by atoms with Crippen molar-refractivity contribution in [3.63, 3.8) is 0 Å². The van der Waals surface area contributed by atoms with E-state index in [1.54, 1.807) is 48.2 Å². The molecule has 5 amide bonds. The number of hydrogen-bond donors (Lipinski definition) is 3. The summed E-state index contributed by atoms with van der Waals surface area (Å²) >= 11 is 7.56. The van der Waals surface area contributed by atoms with Crippen LogP contribution in [0.15, 0.2) is 71.9 Å². The molecule has 3 saturated heterocycles. The lowest BCUT2D eigenvalue weighted by Gasteiger charge is -2.42. The highest BCUT2D eigenvalue weighted by Gasteiger charge is 2.45. The Morgan fingerprint density at radius 1 is 0.924 bits per heavy atom. The predicted molar refractivity (Wildman–Crippen MR) is 253 cm³/mol. The number of imide groups is 2. The molecule has 0 radical (unpaired) electrons. The molecule has 348 valence electrons. The molecule has 4 aromatic rings. The Hall–Kier alpha value is -5.46. The summed E-state index contributed by atoms with van der Waals surface area (Å²) in [5.41, 5.74) is 2.32. The molecule has 1 aromatic heterocycles. The number of nitrogens with zero attached hydrogens (tertiary/aromatic N) is 6. The van der Waals surface area contributed by atoms with Crippen LogP contribution in [-0.4, -0.2) is 136 Å². The summed E-state index contributed by atoms with van der Waals surface area (Å²) in [6.07, 6.45) is 12.9. The summed E-state index contributed by atoms with van der Waals surface area (Å²) in [6, 6.07) is 12.7. The number of piperidine rings is 2. The average molecular weight is 941 g/mol. The first-order chi connectivity index (χ1) is 32.1. The van der Waals surface area contributed by atoms with Gasteiger partial charge in [-0.2, -0.15) is 0 Å². The highest BCUT2D eigenvalue weighted by Crippen LogP contribution is 2.36. The highest BCUT2D eigenvalue weighted by molar-refractivity contribution is 7.99. The fourth-order valence-electron chi connectivity index (χ4n) is 9.22. The molecule has 66 heavy (non-hydrogen) atoms. The largest absolute Gasteiger partial charge is 0.494 e. The summed E-state index contributed by atoms with van der Waals surface area (Å²) in [6.45, 7) is 8.14. The van der Waals surface area contributed by atoms with Crippen LogP contribution in [0.25, 0.3) is 10.9 Å². The van der Waals surface area contributed by atoms with Crippen molar-refractivity contribution in [2.75, 3.05) is 75.9 Å². The number of ether oxygens (including phenoxy) is 1. The fraction of sp³-hybridized carbons (Fsp3) is 0.438. The van der Waals surface area contributed by atoms with Gasteiger partial charge in [-0.15, -0.1) is 11.8 Å². The monoisotopic (exact) mass is 939 g/mol. The minimum absolute atomic E-state index is 0.0124. The molecule has 1 unspecified atom stereocenters. The van der Waals surface area contributed by atoms with Gasteiger partial charge in [-0.05, 0) is 93.9 Å². The second-order valence-corrected chi connectivity index (χ2v) is 18.6. The molecule has 8 rings (SSSR count). The number of piperazine rings is 1. The Bertz CT molecular complexity index is 2500. The number of fused-ring (bicyclic) bond motifs is 2. The Morgan fingerprint density at radius 3 is 2.48 bits per heavy atom. The van der Waals surface area contributed by atoms with Crippen LogP contribution < -0.4 is 20.7 Å². The molecular weight excluding hydrogens is 885 g/mol. The van der Waals surface area contributed by atoms with Crippen molar-refractivity contribution >= 4 is 81.0 Å². The van der Waals surface area contributed by atoms with Gasteiger partial charge in [-0.1, -0.05) is 43.0 Å². The van der Waals surface area contributed by atoms with E-state index in [-0.39, 0.29) is 29.7 Å². The quantitative estimate of drug-likeness (QED) is 0.0409. The number of nitrogens with one attached hydrogen (secondary N) is 3. The molecule has 0 spiro atoms. The highest BCUT2D eigenvalue weighted by atomic mass is 35.5. The molecule has 5 heterocycles. The van der Waals surface area contributed by atoms with Crippen molar-refractivity contribution in [3.8, 4) is 5.75 Å². The minimum Gasteiger partial charge on any atom is -0.494 e. The molecule has 0 bridgehead atoms. The molecule has 4 aliphatic heterocycles. The zero-order valence-electron chi connectivity index (χ0n) is 37.0. The molecule has 3 fully saturated rings. The van der Waals surface area contributed by atoms with Crippen molar-refractivity contribution in [1.29, 1.82) is 0 Å². The normalized spacial score (nSPS) is 18.9. The Balaban J connectivity index is 0.694. The van der Waals surface area contributed by atoms with Crippen LogP contribution in [0.5, 0.6) is 5.75 Å². The summed E-state index contributed by atoms with van der Waals surface area (Å²) in [5, 5.41) is 8.97. The SMILES string of the molecule is COc1cc2ncnc(Nc3ccc(F)c(Cl)c3)c2cc1NC(=O)/C=C/CN1CCC(N2CCN(CCCCCCCSc3cccc4c3C(=O)N(C3CCC(=O)NC3=O)C4=O)CC2)CC1. The summed E-state index contributed by atoms with van der Waals surface area (Å²) in [4.78, 5) is 81.8. The van der Waals surface area contributed by atoms with Gasteiger partial charge in [0, 0.05) is 73.3 Å². The topological polar surface area (TPSA) is 169 Å². The molecule has 0 aliphatic carbocycles. The fourth-order valence-corrected chi connectivity index (χ4v) is 10.5. The van der Waals surface area contributed by atoms with E-state index >= 15 is 0 Å². The maximum Gasteiger partial charge on any atom is 0.263 e. The van der Waals surface area contributed by atoms with E-state index in [4.69, 9.17) is 16.3 Å². The standard InChI is InChI=1S/C48H55ClFN9O6S/c1-65-40-29-37-34(45(52-30-51-37)53-31-12-13-36(50)35(49)27-31)28-38(40)54-42(60)11-8-19-56-20-16-32(17-21-56)58-24-22-57(23-25-58)18-5-3-2-4-6-26-66-41-10-7-9-33-44(41)48(64)59(47(33)63)39-14-15-43(61)55-46(39)62/h7-13,27-30,32,39H,2-6,14-26H2,1H3,(H,54,60)(H,51,52,53)(H,55,61,62)/b11-8+. The van der Waals surface area contributed by atoms with Crippen molar-refractivity contribution in [3.05, 3.63) is 89.0 Å². The van der Waals surface area contributed by atoms with E-state index in [9.17, 15) is 28.4 Å². The number of thioether (sulfide) groups is 1. The molecule has 18 heteroatoms. The lowest BCUT2D eigenvalue weighted by atomic mass is 10.0. The van der Waals surface area contributed by atoms with E-state index in [0.717, 1.165) is 93.5 Å². The van der Waals surface area contributed by atoms with Crippen LogP contribution >= 0.6 is 23.4 Å². The number of halogens is 2. The molecule has 0 saturated carbocycles. The van der Waals surface area contributed by atoms with Gasteiger partial charge >= 0.3 is 0 Å². The third kappa shape index (κ3) is 11.2. The lowest BCUT2D eigenvalue weighted by Crippen LogP contribution is -2.54. The third-order valence-electron chi connectivity index (χ3n) is 12.8. The number of anilines is 3. The van der Waals surface area contributed by atoms with E-state index in [0.29, 0.717) is 57.6 Å². The summed E-state index contributed by atoms with van der Waals surface area (Å²) in [5.74, 6) is -0.938. The lowest BCUT2D eigenvalue weighted by molar-refractivity contribution is -0.136. The Labute approximate surface area is 392 Å². The van der Waals surface area contributed by atoms with Crippen molar-refractivity contribution in [1.82, 2.24) is 34.9 Å². The minimum atomic E-state index is -0.959. The zero-order valence-corrected chi connectivity index (χ0v) is 38.6. The van der Waals surface area contributed by atoms with Crippen LogP contribution in [0.4, 0.5) is 21.6 Å². The first-order valence-electron chi connectivity index (χ1n) is 22.7. The predicted octanol–water partition coefficient (Wildman–Crippen LogP) is 6.90. The van der Waals surface area contributed by atoms with Gasteiger partial charge in [-0.25, -0.2) is 14.4 Å². The van der Waals surface area contributed by atoms with Gasteiger partial charge < -0.3 is 20.3 Å².